The molecule has 0 spiro atoms. The predicted molar refractivity (Wildman–Crippen MR) is 69.2 cm³/mol. The van der Waals surface area contributed by atoms with Crippen molar-refractivity contribution >= 4 is 17.5 Å². The van der Waals surface area contributed by atoms with Crippen LogP contribution in [0.1, 0.15) is 12.5 Å². The van der Waals surface area contributed by atoms with E-state index in [1.165, 1.54) is 12.1 Å². The fraction of sp³-hybridized carbons (Fsp3) is 0.462. The Morgan fingerprint density at radius 2 is 2.33 bits per heavy atom. The van der Waals surface area contributed by atoms with Crippen molar-refractivity contribution in [2.24, 2.45) is 0 Å². The molecule has 0 bridgehead atoms. The molecular formula is C13H16ClFN2O. The lowest BCUT2D eigenvalue weighted by Crippen LogP contribution is -2.51. The van der Waals surface area contributed by atoms with Crippen molar-refractivity contribution in [3.05, 3.63) is 34.6 Å². The molecule has 18 heavy (non-hydrogen) atoms. The first-order valence-electron chi connectivity index (χ1n) is 6.01. The number of rotatable bonds is 2. The predicted octanol–water partition coefficient (Wildman–Crippen LogP) is 1.84. The van der Waals surface area contributed by atoms with Crippen molar-refractivity contribution in [2.75, 3.05) is 19.6 Å². The molecule has 1 saturated heterocycles. The molecule has 0 radical (unpaired) electrons. The van der Waals surface area contributed by atoms with Crippen molar-refractivity contribution < 1.29 is 9.18 Å². The summed E-state index contributed by atoms with van der Waals surface area (Å²) in [6, 6.07) is 4.53. The molecule has 98 valence electrons. The topological polar surface area (TPSA) is 32.3 Å². The number of benzene rings is 1. The summed E-state index contributed by atoms with van der Waals surface area (Å²) >= 11 is 5.77. The quantitative estimate of drug-likeness (QED) is 0.889. The van der Waals surface area contributed by atoms with Gasteiger partial charge in [0.25, 0.3) is 0 Å². The zero-order valence-corrected chi connectivity index (χ0v) is 11.0. The van der Waals surface area contributed by atoms with E-state index in [9.17, 15) is 9.18 Å². The number of amides is 1. The summed E-state index contributed by atoms with van der Waals surface area (Å²) in [4.78, 5) is 13.9. The molecule has 1 fully saturated rings. The van der Waals surface area contributed by atoms with E-state index in [2.05, 4.69) is 5.32 Å². The fourth-order valence-electron chi connectivity index (χ4n) is 2.16. The first-order chi connectivity index (χ1) is 8.54. The van der Waals surface area contributed by atoms with Crippen LogP contribution >= 0.6 is 11.6 Å². The standard InChI is InChI=1S/C13H16ClFN2O/c1-9-8-17(3-2-16-9)13(18)6-10-4-11(14)7-12(15)5-10/h4-5,7,9,16H,2-3,6,8H2,1H3/t9-/m0/s1. The smallest absolute Gasteiger partial charge is 0.227 e. The second kappa shape index (κ2) is 5.67. The Hall–Kier alpha value is -1.13. The molecule has 0 saturated carbocycles. The number of hydrogen-bond acceptors (Lipinski definition) is 2. The Morgan fingerprint density at radius 1 is 1.56 bits per heavy atom. The number of hydrogen-bond donors (Lipinski definition) is 1. The number of nitrogens with one attached hydrogen (secondary N) is 1. The van der Waals surface area contributed by atoms with Crippen LogP contribution in [-0.4, -0.2) is 36.5 Å². The van der Waals surface area contributed by atoms with Crippen molar-refractivity contribution in [2.45, 2.75) is 19.4 Å². The van der Waals surface area contributed by atoms with Gasteiger partial charge in [-0.15, -0.1) is 0 Å². The highest BCUT2D eigenvalue weighted by Crippen LogP contribution is 2.15. The van der Waals surface area contributed by atoms with Gasteiger partial charge in [-0.3, -0.25) is 4.79 Å². The Morgan fingerprint density at radius 3 is 3.00 bits per heavy atom. The van der Waals surface area contributed by atoms with Crippen LogP contribution in [0, 0.1) is 5.82 Å². The maximum Gasteiger partial charge on any atom is 0.227 e. The zero-order valence-electron chi connectivity index (χ0n) is 10.2. The first kappa shape index (κ1) is 13.3. The Labute approximate surface area is 111 Å². The van der Waals surface area contributed by atoms with Crippen molar-refractivity contribution in [1.82, 2.24) is 10.2 Å². The number of piperazine rings is 1. The Balaban J connectivity index is 2.02. The van der Waals surface area contributed by atoms with E-state index in [-0.39, 0.29) is 12.3 Å². The molecule has 1 aliphatic heterocycles. The molecule has 1 aromatic carbocycles. The van der Waals surface area contributed by atoms with E-state index < -0.39 is 5.82 Å². The monoisotopic (exact) mass is 270 g/mol. The minimum Gasteiger partial charge on any atom is -0.340 e. The third-order valence-electron chi connectivity index (χ3n) is 3.00. The van der Waals surface area contributed by atoms with E-state index in [1.807, 2.05) is 6.92 Å². The second-order valence-corrected chi connectivity index (χ2v) is 5.09. The molecule has 1 amide bonds. The lowest BCUT2D eigenvalue weighted by molar-refractivity contribution is -0.131. The summed E-state index contributed by atoms with van der Waals surface area (Å²) in [5.41, 5.74) is 0.621. The lowest BCUT2D eigenvalue weighted by atomic mass is 10.1. The van der Waals surface area contributed by atoms with Crippen molar-refractivity contribution in [3.63, 3.8) is 0 Å². The van der Waals surface area contributed by atoms with Gasteiger partial charge in [-0.25, -0.2) is 4.39 Å². The molecule has 3 nitrogen and oxygen atoms in total. The van der Waals surface area contributed by atoms with E-state index in [0.29, 0.717) is 29.7 Å². The molecule has 0 aromatic heterocycles. The molecule has 1 aromatic rings. The van der Waals surface area contributed by atoms with Crippen LogP contribution in [0.15, 0.2) is 18.2 Å². The summed E-state index contributed by atoms with van der Waals surface area (Å²) in [6.07, 6.45) is 0.199. The molecule has 5 heteroatoms. The van der Waals surface area contributed by atoms with Crippen LogP contribution in [0.5, 0.6) is 0 Å². The van der Waals surface area contributed by atoms with Gasteiger partial charge in [0.2, 0.25) is 5.91 Å². The van der Waals surface area contributed by atoms with Crippen molar-refractivity contribution in [3.8, 4) is 0 Å². The largest absolute Gasteiger partial charge is 0.340 e. The summed E-state index contributed by atoms with van der Waals surface area (Å²) in [5, 5.41) is 3.60. The lowest BCUT2D eigenvalue weighted by Gasteiger charge is -2.32. The molecular weight excluding hydrogens is 255 g/mol. The minimum absolute atomic E-state index is 0.0185. The third kappa shape index (κ3) is 3.43. The summed E-state index contributed by atoms with van der Waals surface area (Å²) in [6.45, 7) is 4.24. The molecule has 0 unspecified atom stereocenters. The van der Waals surface area contributed by atoms with Crippen LogP contribution in [0.3, 0.4) is 0 Å². The minimum atomic E-state index is -0.404. The van der Waals surface area contributed by atoms with Gasteiger partial charge in [-0.1, -0.05) is 11.6 Å². The number of carbonyl (C=O) groups excluding carboxylic acids is 1. The van der Waals surface area contributed by atoms with E-state index in [4.69, 9.17) is 11.6 Å². The highest BCUT2D eigenvalue weighted by Gasteiger charge is 2.20. The van der Waals surface area contributed by atoms with Gasteiger partial charge < -0.3 is 10.2 Å². The Bertz CT molecular complexity index is 432. The van der Waals surface area contributed by atoms with Crippen LogP contribution in [-0.2, 0) is 11.2 Å². The average Bonchev–Trinajstić information content (AvgIpc) is 2.27. The summed E-state index contributed by atoms with van der Waals surface area (Å²) in [7, 11) is 0. The third-order valence-corrected chi connectivity index (χ3v) is 3.22. The number of nitrogens with zero attached hydrogens (tertiary/aromatic N) is 1. The SMILES string of the molecule is C[C@H]1CN(C(=O)Cc2cc(F)cc(Cl)c2)CCN1. The van der Waals surface area contributed by atoms with Gasteiger partial charge in [0, 0.05) is 30.7 Å². The molecule has 1 aliphatic rings. The normalized spacial score (nSPS) is 19.9. The van der Waals surface area contributed by atoms with Gasteiger partial charge in [-0.2, -0.15) is 0 Å². The van der Waals surface area contributed by atoms with Gasteiger partial charge in [0.05, 0.1) is 6.42 Å². The van der Waals surface area contributed by atoms with Crippen LogP contribution < -0.4 is 5.32 Å². The second-order valence-electron chi connectivity index (χ2n) is 4.65. The van der Waals surface area contributed by atoms with E-state index >= 15 is 0 Å². The van der Waals surface area contributed by atoms with Crippen LogP contribution in [0.4, 0.5) is 4.39 Å². The highest BCUT2D eigenvalue weighted by atomic mass is 35.5. The summed E-state index contributed by atoms with van der Waals surface area (Å²) < 4.78 is 13.2. The number of halogens is 2. The zero-order chi connectivity index (χ0) is 13.1. The van der Waals surface area contributed by atoms with Crippen LogP contribution in [0.2, 0.25) is 5.02 Å². The average molecular weight is 271 g/mol. The van der Waals surface area contributed by atoms with Gasteiger partial charge >= 0.3 is 0 Å². The van der Waals surface area contributed by atoms with Crippen molar-refractivity contribution in [1.29, 1.82) is 0 Å². The molecule has 1 N–H and O–H groups in total. The molecule has 0 aliphatic carbocycles. The van der Waals surface area contributed by atoms with Crippen LogP contribution in [0.25, 0.3) is 0 Å². The van der Waals surface area contributed by atoms with Gasteiger partial charge in [-0.05, 0) is 30.7 Å². The highest BCUT2D eigenvalue weighted by molar-refractivity contribution is 6.30. The first-order valence-corrected chi connectivity index (χ1v) is 6.38. The maximum absolute atomic E-state index is 13.2. The fourth-order valence-corrected chi connectivity index (χ4v) is 2.40. The molecule has 2 rings (SSSR count). The van der Waals surface area contributed by atoms with E-state index in [0.717, 1.165) is 6.54 Å². The number of carbonyl (C=O) groups is 1. The van der Waals surface area contributed by atoms with Gasteiger partial charge in [0.1, 0.15) is 5.82 Å². The molecule has 1 heterocycles. The van der Waals surface area contributed by atoms with Gasteiger partial charge in [0.15, 0.2) is 0 Å². The maximum atomic E-state index is 13.2. The molecule has 1 atom stereocenters. The Kier molecular flexibility index (Phi) is 4.19. The summed E-state index contributed by atoms with van der Waals surface area (Å²) in [5.74, 6) is -0.385. The van der Waals surface area contributed by atoms with E-state index in [1.54, 1.807) is 11.0 Å².